The van der Waals surface area contributed by atoms with Crippen LogP contribution in [-0.2, 0) is 10.1 Å². The molecule has 0 radical (unpaired) electrons. The molecule has 17 heavy (non-hydrogen) atoms. The third-order valence-electron chi connectivity index (χ3n) is 1.92. The van der Waals surface area contributed by atoms with Crippen LogP contribution >= 0.6 is 38.5 Å². The van der Waals surface area contributed by atoms with E-state index in [-0.39, 0.29) is 12.2 Å². The van der Waals surface area contributed by atoms with Crippen molar-refractivity contribution in [3.63, 3.8) is 0 Å². The number of carbonyl (C=O) groups excluding carboxylic acids is 1. The molecule has 0 amide bonds. The molecule has 0 aliphatic carbocycles. The Morgan fingerprint density at radius 2 is 2.29 bits per heavy atom. The van der Waals surface area contributed by atoms with Gasteiger partial charge in [0.05, 0.1) is 12.2 Å². The Hall–Kier alpha value is -0.310. The van der Waals surface area contributed by atoms with E-state index in [4.69, 9.17) is 4.74 Å². The molecule has 0 unspecified atom stereocenters. The molecular formula is C10H9BrF2INO2. The van der Waals surface area contributed by atoms with E-state index in [1.807, 2.05) is 22.6 Å². The number of rotatable bonds is 4. The van der Waals surface area contributed by atoms with Gasteiger partial charge < -0.3 is 4.74 Å². The van der Waals surface area contributed by atoms with E-state index in [0.717, 1.165) is 0 Å². The van der Waals surface area contributed by atoms with Gasteiger partial charge >= 0.3 is 5.97 Å². The highest BCUT2D eigenvalue weighted by Crippen LogP contribution is 2.26. The van der Waals surface area contributed by atoms with Gasteiger partial charge in [-0.3, -0.25) is 0 Å². The Kier molecular flexibility index (Phi) is 5.71. The zero-order valence-electron chi connectivity index (χ0n) is 8.84. The van der Waals surface area contributed by atoms with Crippen molar-refractivity contribution in [1.82, 2.24) is 4.98 Å². The number of aromatic nitrogens is 1. The molecule has 0 aromatic carbocycles. The molecule has 1 aromatic heterocycles. The summed E-state index contributed by atoms with van der Waals surface area (Å²) in [4.78, 5) is 15.3. The molecule has 0 saturated carbocycles. The zero-order chi connectivity index (χ0) is 13.0. The molecule has 0 aliphatic rings. The maximum absolute atomic E-state index is 12.8. The van der Waals surface area contributed by atoms with Crippen LogP contribution in [0, 0.1) is 3.70 Å². The average molecular weight is 420 g/mol. The van der Waals surface area contributed by atoms with Crippen LogP contribution in [0.3, 0.4) is 0 Å². The lowest BCUT2D eigenvalue weighted by Crippen LogP contribution is -2.12. The molecular weight excluding hydrogens is 411 g/mol. The first-order valence-electron chi connectivity index (χ1n) is 4.71. The van der Waals surface area contributed by atoms with E-state index in [1.54, 1.807) is 6.92 Å². The first-order valence-corrected chi connectivity index (χ1v) is 6.91. The lowest BCUT2D eigenvalue weighted by atomic mass is 10.1. The average Bonchev–Trinajstić information content (AvgIpc) is 2.28. The van der Waals surface area contributed by atoms with Crippen molar-refractivity contribution in [2.24, 2.45) is 0 Å². The number of ether oxygens (including phenoxy) is 1. The van der Waals surface area contributed by atoms with E-state index in [2.05, 4.69) is 20.9 Å². The van der Waals surface area contributed by atoms with Gasteiger partial charge in [-0.2, -0.15) is 0 Å². The summed E-state index contributed by atoms with van der Waals surface area (Å²) in [5.74, 6) is -0.770. The van der Waals surface area contributed by atoms with Crippen molar-refractivity contribution >= 4 is 44.5 Å². The topological polar surface area (TPSA) is 39.2 Å². The predicted octanol–water partition coefficient (Wildman–Crippen LogP) is 3.70. The van der Waals surface area contributed by atoms with Crippen LogP contribution < -0.4 is 0 Å². The molecule has 7 heteroatoms. The monoisotopic (exact) mass is 419 g/mol. The lowest BCUT2D eigenvalue weighted by molar-refractivity contribution is 0.0513. The summed E-state index contributed by atoms with van der Waals surface area (Å²) in [5, 5.41) is 0.439. The van der Waals surface area contributed by atoms with Crippen LogP contribution in [0.5, 0.6) is 0 Å². The Balaban J connectivity index is 3.28. The van der Waals surface area contributed by atoms with Gasteiger partial charge in [0.2, 0.25) is 0 Å². The van der Waals surface area contributed by atoms with Gasteiger partial charge in [-0.05, 0) is 41.1 Å². The first kappa shape index (κ1) is 14.7. The number of esters is 1. The molecule has 94 valence electrons. The first-order chi connectivity index (χ1) is 8.01. The fourth-order valence-electron chi connectivity index (χ4n) is 1.18. The normalized spacial score (nSPS) is 10.7. The van der Waals surface area contributed by atoms with E-state index in [0.29, 0.717) is 14.6 Å². The number of nitrogens with zero attached hydrogens (tertiary/aromatic N) is 1. The van der Waals surface area contributed by atoms with Crippen molar-refractivity contribution in [3.05, 3.63) is 26.6 Å². The van der Waals surface area contributed by atoms with Gasteiger partial charge in [-0.25, -0.2) is 18.6 Å². The molecule has 0 fully saturated rings. The molecule has 0 N–H and O–H groups in total. The minimum absolute atomic E-state index is 0.136. The fraction of sp³-hybridized carbons (Fsp3) is 0.400. The second-order valence-corrected chi connectivity index (χ2v) is 4.61. The number of hydrogen-bond donors (Lipinski definition) is 0. The minimum Gasteiger partial charge on any atom is -0.462 e. The molecule has 0 atom stereocenters. The number of alkyl halides is 3. The van der Waals surface area contributed by atoms with Crippen LogP contribution in [0.1, 0.15) is 35.0 Å². The molecule has 1 rings (SSSR count). The van der Waals surface area contributed by atoms with Crippen LogP contribution in [0.4, 0.5) is 8.78 Å². The van der Waals surface area contributed by atoms with Gasteiger partial charge in [-0.15, -0.1) is 0 Å². The third-order valence-corrected chi connectivity index (χ3v) is 3.46. The van der Waals surface area contributed by atoms with Crippen molar-refractivity contribution in [3.8, 4) is 0 Å². The maximum Gasteiger partial charge on any atom is 0.340 e. The van der Waals surface area contributed by atoms with E-state index < -0.39 is 18.1 Å². The predicted molar refractivity (Wildman–Crippen MR) is 70.5 cm³/mol. The smallest absolute Gasteiger partial charge is 0.340 e. The van der Waals surface area contributed by atoms with Crippen molar-refractivity contribution in [2.75, 3.05) is 6.61 Å². The van der Waals surface area contributed by atoms with E-state index >= 15 is 0 Å². The van der Waals surface area contributed by atoms with Crippen LogP contribution in [0.25, 0.3) is 0 Å². The van der Waals surface area contributed by atoms with Crippen molar-refractivity contribution < 1.29 is 18.3 Å². The number of halogens is 4. The van der Waals surface area contributed by atoms with Gasteiger partial charge in [-0.1, -0.05) is 15.9 Å². The maximum atomic E-state index is 12.8. The SMILES string of the molecule is CCOC(=O)c1cc(CBr)c(I)nc1C(F)F. The quantitative estimate of drug-likeness (QED) is 0.323. The number of pyridine rings is 1. The lowest BCUT2D eigenvalue weighted by Gasteiger charge is -2.10. The molecule has 0 saturated heterocycles. The molecule has 1 aromatic rings. The van der Waals surface area contributed by atoms with E-state index in [9.17, 15) is 13.6 Å². The zero-order valence-corrected chi connectivity index (χ0v) is 12.6. The van der Waals surface area contributed by atoms with Crippen molar-refractivity contribution in [1.29, 1.82) is 0 Å². The van der Waals surface area contributed by atoms with Crippen LogP contribution in [0.2, 0.25) is 0 Å². The van der Waals surface area contributed by atoms with Crippen LogP contribution in [-0.4, -0.2) is 17.6 Å². The minimum atomic E-state index is -2.80. The summed E-state index contributed by atoms with van der Waals surface area (Å²) in [7, 11) is 0. The summed E-state index contributed by atoms with van der Waals surface area (Å²) in [6.45, 7) is 1.75. The molecule has 0 bridgehead atoms. The Morgan fingerprint density at radius 3 is 2.76 bits per heavy atom. The standard InChI is InChI=1S/C10H9BrF2INO2/c1-2-17-10(16)6-3-5(4-11)9(14)15-7(6)8(12)13/h3,8H,2,4H2,1H3. The number of carbonyl (C=O) groups is 1. The number of hydrogen-bond acceptors (Lipinski definition) is 3. The van der Waals surface area contributed by atoms with Gasteiger partial charge in [0, 0.05) is 5.33 Å². The Morgan fingerprint density at radius 1 is 1.65 bits per heavy atom. The largest absolute Gasteiger partial charge is 0.462 e. The van der Waals surface area contributed by atoms with Crippen LogP contribution in [0.15, 0.2) is 6.07 Å². The van der Waals surface area contributed by atoms with Gasteiger partial charge in [0.25, 0.3) is 6.43 Å². The summed E-state index contributed by atoms with van der Waals surface area (Å²) in [6.07, 6.45) is -2.80. The summed E-state index contributed by atoms with van der Waals surface area (Å²) in [5.41, 5.74) is -0.0210. The third kappa shape index (κ3) is 3.57. The summed E-state index contributed by atoms with van der Waals surface area (Å²) in [6, 6.07) is 1.39. The molecule has 0 spiro atoms. The Labute approximate surface area is 119 Å². The highest BCUT2D eigenvalue weighted by Gasteiger charge is 2.23. The van der Waals surface area contributed by atoms with Gasteiger partial charge in [0.15, 0.2) is 0 Å². The van der Waals surface area contributed by atoms with E-state index in [1.165, 1.54) is 6.07 Å². The summed E-state index contributed by atoms with van der Waals surface area (Å²) < 4.78 is 30.7. The second kappa shape index (κ2) is 6.58. The van der Waals surface area contributed by atoms with Gasteiger partial charge in [0.1, 0.15) is 9.39 Å². The highest BCUT2D eigenvalue weighted by atomic mass is 127. The Bertz CT molecular complexity index is 429. The fourth-order valence-corrected chi connectivity index (χ4v) is 2.74. The molecule has 0 aliphatic heterocycles. The second-order valence-electron chi connectivity index (χ2n) is 3.03. The molecule has 3 nitrogen and oxygen atoms in total. The van der Waals surface area contributed by atoms with Crippen molar-refractivity contribution in [2.45, 2.75) is 18.7 Å². The highest BCUT2D eigenvalue weighted by molar-refractivity contribution is 14.1. The molecule has 1 heterocycles. The summed E-state index contributed by atoms with van der Waals surface area (Å²) >= 11 is 5.06.